The number of hydrogen-bond acceptors (Lipinski definition) is 3. The minimum atomic E-state index is -1.25. The number of carbonyl (C=O) groups is 2. The zero-order valence-electron chi connectivity index (χ0n) is 14.7. The van der Waals surface area contributed by atoms with Gasteiger partial charge in [0.25, 0.3) is 5.91 Å². The molecule has 1 heterocycles. The first-order valence-corrected chi connectivity index (χ1v) is 8.80. The van der Waals surface area contributed by atoms with E-state index in [1.165, 1.54) is 16.9 Å². The fourth-order valence-electron chi connectivity index (χ4n) is 3.51. The number of aromatic nitrogens is 2. The van der Waals surface area contributed by atoms with Crippen LogP contribution in [0.1, 0.15) is 54.6 Å². The zero-order chi connectivity index (χ0) is 18.7. The number of carbonyl (C=O) groups excluding carboxylic acids is 1. The quantitative estimate of drug-likeness (QED) is 0.821. The van der Waals surface area contributed by atoms with E-state index in [0.717, 1.165) is 25.7 Å². The average molecular weight is 359 g/mol. The number of rotatable bonds is 4. The van der Waals surface area contributed by atoms with Gasteiger partial charge in [-0.05, 0) is 31.9 Å². The molecule has 0 atom stereocenters. The van der Waals surface area contributed by atoms with Crippen molar-refractivity contribution in [3.8, 4) is 5.69 Å². The van der Waals surface area contributed by atoms with Gasteiger partial charge in [-0.1, -0.05) is 37.8 Å². The molecule has 26 heavy (non-hydrogen) atoms. The fraction of sp³-hybridized carbons (Fsp3) is 0.421. The van der Waals surface area contributed by atoms with Gasteiger partial charge in [0.15, 0.2) is 0 Å². The maximum Gasteiger partial charge on any atom is 0.329 e. The van der Waals surface area contributed by atoms with E-state index in [2.05, 4.69) is 10.4 Å². The number of nitrogens with one attached hydrogen (secondary N) is 1. The van der Waals surface area contributed by atoms with Crippen molar-refractivity contribution in [2.24, 2.45) is 0 Å². The minimum Gasteiger partial charge on any atom is -0.480 e. The summed E-state index contributed by atoms with van der Waals surface area (Å²) in [6.45, 7) is 1.66. The molecule has 6 nitrogen and oxygen atoms in total. The molecule has 0 bridgehead atoms. The van der Waals surface area contributed by atoms with Crippen LogP contribution in [0.2, 0.25) is 0 Å². The molecule has 0 unspecified atom stereocenters. The van der Waals surface area contributed by atoms with Crippen molar-refractivity contribution in [1.82, 2.24) is 15.1 Å². The van der Waals surface area contributed by atoms with Gasteiger partial charge in [0, 0.05) is 0 Å². The van der Waals surface area contributed by atoms with Gasteiger partial charge in [-0.3, -0.25) is 4.79 Å². The second kappa shape index (κ2) is 7.27. The smallest absolute Gasteiger partial charge is 0.329 e. The summed E-state index contributed by atoms with van der Waals surface area (Å²) in [6.07, 6.45) is 5.64. The van der Waals surface area contributed by atoms with Crippen molar-refractivity contribution in [2.75, 3.05) is 0 Å². The largest absolute Gasteiger partial charge is 0.480 e. The van der Waals surface area contributed by atoms with Crippen molar-refractivity contribution < 1.29 is 19.1 Å². The molecule has 7 heteroatoms. The van der Waals surface area contributed by atoms with E-state index in [1.807, 2.05) is 0 Å². The highest BCUT2D eigenvalue weighted by Crippen LogP contribution is 2.28. The average Bonchev–Trinajstić information content (AvgIpc) is 2.83. The zero-order valence-corrected chi connectivity index (χ0v) is 14.7. The Bertz CT molecular complexity index is 823. The highest BCUT2D eigenvalue weighted by Gasteiger charge is 2.40. The van der Waals surface area contributed by atoms with E-state index in [4.69, 9.17) is 0 Å². The number of carboxylic acid groups (broad SMARTS) is 1. The number of amides is 1. The van der Waals surface area contributed by atoms with E-state index in [1.54, 1.807) is 25.1 Å². The predicted octanol–water partition coefficient (Wildman–Crippen LogP) is 3.23. The number of carboxylic acids is 1. The van der Waals surface area contributed by atoms with Crippen LogP contribution in [0.25, 0.3) is 5.69 Å². The van der Waals surface area contributed by atoms with Gasteiger partial charge in [-0.2, -0.15) is 5.10 Å². The molecule has 1 fully saturated rings. The number of aliphatic carboxylic acids is 1. The molecule has 2 N–H and O–H groups in total. The third kappa shape index (κ3) is 3.34. The lowest BCUT2D eigenvalue weighted by atomic mass is 9.90. The van der Waals surface area contributed by atoms with E-state index >= 15 is 0 Å². The second-order valence-electron chi connectivity index (χ2n) is 6.76. The fourth-order valence-corrected chi connectivity index (χ4v) is 3.51. The first kappa shape index (κ1) is 18.1. The van der Waals surface area contributed by atoms with Crippen LogP contribution in [-0.4, -0.2) is 32.3 Å². The number of halogens is 1. The molecule has 138 valence electrons. The lowest BCUT2D eigenvalue weighted by molar-refractivity contribution is -0.145. The standard InChI is InChI=1S/C19H22FN3O3/c1-13-14(12-21-23(13)16-9-5-4-8-15(16)20)17(24)22-19(18(25)26)10-6-2-3-7-11-19/h4-5,8-9,12H,2-3,6-7,10-11H2,1H3,(H,22,24)(H,25,26). The van der Waals surface area contributed by atoms with Gasteiger partial charge in [0.05, 0.1) is 17.5 Å². The van der Waals surface area contributed by atoms with Crippen molar-refractivity contribution in [3.05, 3.63) is 47.5 Å². The van der Waals surface area contributed by atoms with Crippen LogP contribution < -0.4 is 5.32 Å². The van der Waals surface area contributed by atoms with Crippen LogP contribution in [-0.2, 0) is 4.79 Å². The number of nitrogens with zero attached hydrogens (tertiary/aromatic N) is 2. The van der Waals surface area contributed by atoms with Gasteiger partial charge in [0.2, 0.25) is 0 Å². The summed E-state index contributed by atoms with van der Waals surface area (Å²) in [7, 11) is 0. The normalized spacial score (nSPS) is 16.7. The SMILES string of the molecule is Cc1c(C(=O)NC2(C(=O)O)CCCCCC2)cnn1-c1ccccc1F. The Morgan fingerprint density at radius 2 is 1.85 bits per heavy atom. The van der Waals surface area contributed by atoms with E-state index < -0.39 is 23.2 Å². The Hall–Kier alpha value is -2.70. The maximum absolute atomic E-state index is 14.0. The summed E-state index contributed by atoms with van der Waals surface area (Å²) >= 11 is 0. The summed E-state index contributed by atoms with van der Waals surface area (Å²) in [4.78, 5) is 24.6. The first-order valence-electron chi connectivity index (χ1n) is 8.80. The Kier molecular flexibility index (Phi) is 5.06. The van der Waals surface area contributed by atoms with Gasteiger partial charge < -0.3 is 10.4 Å². The molecule has 1 aromatic heterocycles. The monoisotopic (exact) mass is 359 g/mol. The van der Waals surface area contributed by atoms with Crippen LogP contribution in [0, 0.1) is 12.7 Å². The van der Waals surface area contributed by atoms with Crippen LogP contribution in [0.5, 0.6) is 0 Å². The topological polar surface area (TPSA) is 84.2 Å². The van der Waals surface area contributed by atoms with Crippen LogP contribution >= 0.6 is 0 Å². The van der Waals surface area contributed by atoms with Crippen LogP contribution in [0.4, 0.5) is 4.39 Å². The Balaban J connectivity index is 1.89. The van der Waals surface area contributed by atoms with Gasteiger partial charge in [-0.15, -0.1) is 0 Å². The molecular weight excluding hydrogens is 337 g/mol. The number of hydrogen-bond donors (Lipinski definition) is 2. The summed E-state index contributed by atoms with van der Waals surface area (Å²) in [5.74, 6) is -1.95. The van der Waals surface area contributed by atoms with Crippen LogP contribution in [0.3, 0.4) is 0 Å². The maximum atomic E-state index is 14.0. The van der Waals surface area contributed by atoms with Gasteiger partial charge >= 0.3 is 5.97 Å². The second-order valence-corrected chi connectivity index (χ2v) is 6.76. The molecular formula is C19H22FN3O3. The third-order valence-corrected chi connectivity index (χ3v) is 5.05. The summed E-state index contributed by atoms with van der Waals surface area (Å²) in [6, 6.07) is 6.15. The van der Waals surface area contributed by atoms with Crippen molar-refractivity contribution >= 4 is 11.9 Å². The summed E-state index contributed by atoms with van der Waals surface area (Å²) in [5.41, 5.74) is -0.300. The molecule has 0 radical (unpaired) electrons. The Morgan fingerprint density at radius 3 is 2.46 bits per heavy atom. The summed E-state index contributed by atoms with van der Waals surface area (Å²) in [5, 5.41) is 16.6. The molecule has 1 aliphatic rings. The Labute approximate surface area is 151 Å². The predicted molar refractivity (Wildman–Crippen MR) is 93.8 cm³/mol. The van der Waals surface area contributed by atoms with Crippen molar-refractivity contribution in [3.63, 3.8) is 0 Å². The molecule has 1 aliphatic carbocycles. The van der Waals surface area contributed by atoms with Gasteiger partial charge in [-0.25, -0.2) is 13.9 Å². The van der Waals surface area contributed by atoms with E-state index in [-0.39, 0.29) is 11.3 Å². The highest BCUT2D eigenvalue weighted by molar-refractivity contribution is 5.98. The van der Waals surface area contributed by atoms with E-state index in [9.17, 15) is 19.1 Å². The van der Waals surface area contributed by atoms with Crippen molar-refractivity contribution in [2.45, 2.75) is 51.0 Å². The lowest BCUT2D eigenvalue weighted by Crippen LogP contribution is -2.54. The number of para-hydroxylation sites is 1. The van der Waals surface area contributed by atoms with Gasteiger partial charge in [0.1, 0.15) is 17.0 Å². The molecule has 0 aliphatic heterocycles. The molecule has 0 saturated heterocycles. The highest BCUT2D eigenvalue weighted by atomic mass is 19.1. The molecule has 1 saturated carbocycles. The van der Waals surface area contributed by atoms with E-state index in [0.29, 0.717) is 18.5 Å². The molecule has 0 spiro atoms. The molecule has 1 amide bonds. The minimum absolute atomic E-state index is 0.242. The summed E-state index contributed by atoms with van der Waals surface area (Å²) < 4.78 is 15.4. The molecule has 1 aromatic carbocycles. The first-order chi connectivity index (χ1) is 12.4. The van der Waals surface area contributed by atoms with Crippen LogP contribution in [0.15, 0.2) is 30.5 Å². The number of benzene rings is 1. The van der Waals surface area contributed by atoms with Crippen molar-refractivity contribution in [1.29, 1.82) is 0 Å². The lowest BCUT2D eigenvalue weighted by Gasteiger charge is -2.29. The molecule has 3 rings (SSSR count). The molecule has 2 aromatic rings. The Morgan fingerprint density at radius 1 is 1.19 bits per heavy atom. The third-order valence-electron chi connectivity index (χ3n) is 5.05.